The van der Waals surface area contributed by atoms with E-state index in [-0.39, 0.29) is 6.61 Å². The number of hydrogen-bond acceptors (Lipinski definition) is 1. The molecule has 0 saturated heterocycles. The lowest BCUT2D eigenvalue weighted by Crippen LogP contribution is -2.11. The minimum Gasteiger partial charge on any atom is -0.392 e. The molecule has 18 heavy (non-hydrogen) atoms. The van der Waals surface area contributed by atoms with Gasteiger partial charge in [-0.3, -0.25) is 0 Å². The maximum Gasteiger partial charge on any atom is 0.0647 e. The summed E-state index contributed by atoms with van der Waals surface area (Å²) in [7, 11) is 2.10. The molecule has 0 atom stereocenters. The van der Waals surface area contributed by atoms with Gasteiger partial charge in [-0.05, 0) is 49.8 Å². The van der Waals surface area contributed by atoms with Gasteiger partial charge < -0.3 is 9.67 Å². The Morgan fingerprint density at radius 2 is 2.00 bits per heavy atom. The first-order chi connectivity index (χ1) is 8.63. The van der Waals surface area contributed by atoms with Crippen LogP contribution in [0.2, 0.25) is 0 Å². The zero-order valence-electron chi connectivity index (χ0n) is 11.9. The third kappa shape index (κ3) is 2.69. The molecule has 0 bridgehead atoms. The summed E-state index contributed by atoms with van der Waals surface area (Å²) in [6, 6.07) is 2.22. The average molecular weight is 247 g/mol. The van der Waals surface area contributed by atoms with Crippen LogP contribution >= 0.6 is 0 Å². The van der Waals surface area contributed by atoms with Gasteiger partial charge in [0.2, 0.25) is 0 Å². The van der Waals surface area contributed by atoms with Crippen LogP contribution in [-0.4, -0.2) is 16.3 Å². The summed E-state index contributed by atoms with van der Waals surface area (Å²) < 4.78 is 2.21. The Labute approximate surface area is 110 Å². The minimum absolute atomic E-state index is 0.206. The van der Waals surface area contributed by atoms with E-state index >= 15 is 0 Å². The second kappa shape index (κ2) is 5.75. The molecule has 0 radical (unpaired) electrons. The SMILES string of the molecule is Cc1cc(C=C(CO)C2CCCCC2)c(C)n1C. The van der Waals surface area contributed by atoms with E-state index in [0.717, 1.165) is 0 Å². The van der Waals surface area contributed by atoms with Crippen molar-refractivity contribution in [1.82, 2.24) is 4.57 Å². The van der Waals surface area contributed by atoms with Crippen LogP contribution in [-0.2, 0) is 7.05 Å². The highest BCUT2D eigenvalue weighted by Gasteiger charge is 2.17. The predicted octanol–water partition coefficient (Wildman–Crippen LogP) is 3.60. The molecule has 1 saturated carbocycles. The Morgan fingerprint density at radius 3 is 2.50 bits per heavy atom. The van der Waals surface area contributed by atoms with E-state index in [1.807, 2.05) is 0 Å². The Morgan fingerprint density at radius 1 is 1.33 bits per heavy atom. The number of hydrogen-bond donors (Lipinski definition) is 1. The Kier molecular flexibility index (Phi) is 4.28. The molecule has 1 aromatic rings. The molecule has 1 heterocycles. The summed E-state index contributed by atoms with van der Waals surface area (Å²) in [5, 5.41) is 9.63. The zero-order chi connectivity index (χ0) is 13.1. The Hall–Kier alpha value is -1.02. The van der Waals surface area contributed by atoms with Gasteiger partial charge in [0.25, 0.3) is 0 Å². The molecule has 0 amide bonds. The summed E-state index contributed by atoms with van der Waals surface area (Å²) in [5.74, 6) is 0.601. The standard InChI is InChI=1S/C16H25NO/c1-12-9-15(13(2)17(12)3)10-16(11-18)14-7-5-4-6-8-14/h9-10,14,18H,4-8,11H2,1-3H3. The summed E-state index contributed by atoms with van der Waals surface area (Å²) in [5.41, 5.74) is 5.06. The van der Waals surface area contributed by atoms with Crippen LogP contribution in [0.25, 0.3) is 6.08 Å². The van der Waals surface area contributed by atoms with E-state index in [2.05, 4.69) is 37.6 Å². The van der Waals surface area contributed by atoms with Gasteiger partial charge in [-0.2, -0.15) is 0 Å². The largest absolute Gasteiger partial charge is 0.392 e. The fourth-order valence-corrected chi connectivity index (χ4v) is 3.00. The molecule has 2 rings (SSSR count). The number of rotatable bonds is 3. The molecule has 2 nitrogen and oxygen atoms in total. The highest BCUT2D eigenvalue weighted by Crippen LogP contribution is 2.31. The molecule has 1 aliphatic rings. The van der Waals surface area contributed by atoms with Gasteiger partial charge in [0.15, 0.2) is 0 Å². The smallest absolute Gasteiger partial charge is 0.0647 e. The van der Waals surface area contributed by atoms with Crippen LogP contribution in [0.5, 0.6) is 0 Å². The number of aliphatic hydroxyl groups excluding tert-OH is 1. The first kappa shape index (κ1) is 13.4. The normalized spacial score (nSPS) is 18.3. The van der Waals surface area contributed by atoms with Crippen molar-refractivity contribution in [3.05, 3.63) is 28.6 Å². The summed E-state index contributed by atoms with van der Waals surface area (Å²) in [6.45, 7) is 4.48. The van der Waals surface area contributed by atoms with E-state index in [0.29, 0.717) is 5.92 Å². The molecule has 0 unspecified atom stereocenters. The van der Waals surface area contributed by atoms with Crippen LogP contribution in [0.4, 0.5) is 0 Å². The van der Waals surface area contributed by atoms with E-state index < -0.39 is 0 Å². The van der Waals surface area contributed by atoms with Gasteiger partial charge in [0, 0.05) is 18.4 Å². The van der Waals surface area contributed by atoms with Gasteiger partial charge in [0.05, 0.1) is 6.61 Å². The zero-order valence-corrected chi connectivity index (χ0v) is 11.9. The van der Waals surface area contributed by atoms with E-state index in [1.165, 1.54) is 54.6 Å². The molecule has 1 aromatic heterocycles. The molecule has 1 aliphatic carbocycles. The minimum atomic E-state index is 0.206. The van der Waals surface area contributed by atoms with Crippen LogP contribution < -0.4 is 0 Å². The number of aromatic nitrogens is 1. The molecule has 1 fully saturated rings. The second-order valence-corrected chi connectivity index (χ2v) is 5.60. The van der Waals surface area contributed by atoms with Gasteiger partial charge in [0.1, 0.15) is 0 Å². The summed E-state index contributed by atoms with van der Waals surface area (Å²) in [4.78, 5) is 0. The van der Waals surface area contributed by atoms with Crippen LogP contribution in [0, 0.1) is 19.8 Å². The van der Waals surface area contributed by atoms with Crippen molar-refractivity contribution in [1.29, 1.82) is 0 Å². The van der Waals surface area contributed by atoms with E-state index in [1.54, 1.807) is 0 Å². The lowest BCUT2D eigenvalue weighted by Gasteiger charge is -2.23. The Bertz CT molecular complexity index is 436. The third-order valence-corrected chi connectivity index (χ3v) is 4.47. The monoisotopic (exact) mass is 247 g/mol. The van der Waals surface area contributed by atoms with Crippen LogP contribution in [0.3, 0.4) is 0 Å². The van der Waals surface area contributed by atoms with Crippen LogP contribution in [0.1, 0.15) is 49.1 Å². The maximum absolute atomic E-state index is 9.63. The van der Waals surface area contributed by atoms with Crippen molar-refractivity contribution in [2.45, 2.75) is 46.0 Å². The quantitative estimate of drug-likeness (QED) is 0.867. The third-order valence-electron chi connectivity index (χ3n) is 4.47. The molecule has 0 aliphatic heterocycles. The summed E-state index contributed by atoms with van der Waals surface area (Å²) >= 11 is 0. The van der Waals surface area contributed by atoms with Crippen molar-refractivity contribution < 1.29 is 5.11 Å². The number of aliphatic hydroxyl groups is 1. The second-order valence-electron chi connectivity index (χ2n) is 5.60. The maximum atomic E-state index is 9.63. The van der Waals surface area contributed by atoms with Gasteiger partial charge >= 0.3 is 0 Å². The van der Waals surface area contributed by atoms with Crippen molar-refractivity contribution >= 4 is 6.08 Å². The highest BCUT2D eigenvalue weighted by molar-refractivity contribution is 5.57. The van der Waals surface area contributed by atoms with Gasteiger partial charge in [-0.15, -0.1) is 0 Å². The van der Waals surface area contributed by atoms with Crippen molar-refractivity contribution in [3.8, 4) is 0 Å². The fourth-order valence-electron chi connectivity index (χ4n) is 3.00. The van der Waals surface area contributed by atoms with Crippen molar-refractivity contribution in [2.24, 2.45) is 13.0 Å². The van der Waals surface area contributed by atoms with Crippen LogP contribution in [0.15, 0.2) is 11.6 Å². The lowest BCUT2D eigenvalue weighted by molar-refractivity contribution is 0.295. The molecular weight excluding hydrogens is 222 g/mol. The van der Waals surface area contributed by atoms with Gasteiger partial charge in [-0.1, -0.05) is 25.3 Å². The summed E-state index contributed by atoms with van der Waals surface area (Å²) in [6.07, 6.45) is 8.70. The first-order valence-corrected chi connectivity index (χ1v) is 7.07. The van der Waals surface area contributed by atoms with Crippen molar-refractivity contribution in [2.75, 3.05) is 6.61 Å². The number of aryl methyl sites for hydroxylation is 1. The molecule has 2 heteroatoms. The fraction of sp³-hybridized carbons (Fsp3) is 0.625. The van der Waals surface area contributed by atoms with E-state index in [4.69, 9.17) is 0 Å². The predicted molar refractivity (Wildman–Crippen MR) is 76.5 cm³/mol. The van der Waals surface area contributed by atoms with Gasteiger partial charge in [-0.25, -0.2) is 0 Å². The number of nitrogens with zero attached hydrogens (tertiary/aromatic N) is 1. The molecular formula is C16H25NO. The topological polar surface area (TPSA) is 25.2 Å². The average Bonchev–Trinajstić information content (AvgIpc) is 2.64. The molecule has 1 N–H and O–H groups in total. The molecule has 0 aromatic carbocycles. The van der Waals surface area contributed by atoms with Crippen molar-refractivity contribution in [3.63, 3.8) is 0 Å². The highest BCUT2D eigenvalue weighted by atomic mass is 16.3. The molecule has 100 valence electrons. The van der Waals surface area contributed by atoms with E-state index in [9.17, 15) is 5.11 Å². The molecule has 0 spiro atoms. The first-order valence-electron chi connectivity index (χ1n) is 7.07. The Balaban J connectivity index is 2.25. The lowest BCUT2D eigenvalue weighted by atomic mass is 9.83.